The number of hydrogen-bond donors (Lipinski definition) is 1. The minimum Gasteiger partial charge on any atom is -0.311 e. The van der Waals surface area contributed by atoms with Crippen molar-refractivity contribution in [3.8, 4) is 0 Å². The molecule has 3 unspecified atom stereocenters. The fraction of sp³-hybridized carbons (Fsp3) is 1.00. The Bertz CT molecular complexity index is 236. The van der Waals surface area contributed by atoms with E-state index in [0.29, 0.717) is 6.04 Å². The van der Waals surface area contributed by atoms with E-state index in [1.54, 1.807) is 0 Å². The molecule has 1 aliphatic carbocycles. The van der Waals surface area contributed by atoms with E-state index in [0.717, 1.165) is 17.9 Å². The number of rotatable bonds is 9. The first-order valence-electron chi connectivity index (χ1n) is 9.05. The average molecular weight is 283 g/mol. The maximum Gasteiger partial charge on any atom is 0.00722 e. The molecule has 0 heterocycles. The average Bonchev–Trinajstić information content (AvgIpc) is 2.44. The Labute approximate surface area is 127 Å². The van der Waals surface area contributed by atoms with Gasteiger partial charge in [0.25, 0.3) is 0 Å². The summed E-state index contributed by atoms with van der Waals surface area (Å²) in [6, 6.07) is 1.46. The van der Waals surface area contributed by atoms with E-state index in [-0.39, 0.29) is 0 Å². The molecule has 2 nitrogen and oxygen atoms in total. The highest BCUT2D eigenvalue weighted by Gasteiger charge is 2.24. The Balaban J connectivity index is 2.19. The molecule has 0 bridgehead atoms. The van der Waals surface area contributed by atoms with Crippen LogP contribution in [-0.2, 0) is 0 Å². The second kappa shape index (κ2) is 9.78. The highest BCUT2D eigenvalue weighted by molar-refractivity contribution is 4.81. The second-order valence-electron chi connectivity index (χ2n) is 7.10. The molecule has 1 saturated carbocycles. The molecular weight excluding hydrogens is 244 g/mol. The van der Waals surface area contributed by atoms with Crippen LogP contribution in [0.3, 0.4) is 0 Å². The summed E-state index contributed by atoms with van der Waals surface area (Å²) in [6.07, 6.45) is 8.32. The number of nitrogens with one attached hydrogen (secondary N) is 1. The van der Waals surface area contributed by atoms with Gasteiger partial charge in [0.15, 0.2) is 0 Å². The molecule has 0 radical (unpaired) electrons. The van der Waals surface area contributed by atoms with Gasteiger partial charge < -0.3 is 10.2 Å². The Morgan fingerprint density at radius 1 is 1.10 bits per heavy atom. The molecule has 120 valence electrons. The molecule has 0 aromatic rings. The zero-order chi connectivity index (χ0) is 15.0. The van der Waals surface area contributed by atoms with Crippen molar-refractivity contribution >= 4 is 0 Å². The predicted octanol–water partition coefficient (Wildman–Crippen LogP) is 4.30. The SMILES string of the molecule is CCN(CC)CCCC(C)NC1CCCC(C(C)C)C1. The molecule has 0 aliphatic heterocycles. The molecule has 1 aliphatic rings. The van der Waals surface area contributed by atoms with Crippen molar-refractivity contribution in [3.05, 3.63) is 0 Å². The molecule has 1 N–H and O–H groups in total. The van der Waals surface area contributed by atoms with Gasteiger partial charge in [0.1, 0.15) is 0 Å². The molecular formula is C18H38N2. The summed E-state index contributed by atoms with van der Waals surface area (Å²) in [6.45, 7) is 15.3. The third-order valence-electron chi connectivity index (χ3n) is 5.18. The molecule has 2 heteroatoms. The van der Waals surface area contributed by atoms with E-state index >= 15 is 0 Å². The summed E-state index contributed by atoms with van der Waals surface area (Å²) in [5, 5.41) is 3.89. The minimum atomic E-state index is 0.682. The van der Waals surface area contributed by atoms with Crippen LogP contribution in [-0.4, -0.2) is 36.6 Å². The first-order chi connectivity index (χ1) is 9.56. The third kappa shape index (κ3) is 6.58. The van der Waals surface area contributed by atoms with Crippen molar-refractivity contribution in [1.29, 1.82) is 0 Å². The second-order valence-corrected chi connectivity index (χ2v) is 7.10. The summed E-state index contributed by atoms with van der Waals surface area (Å²) in [7, 11) is 0. The topological polar surface area (TPSA) is 15.3 Å². The van der Waals surface area contributed by atoms with Crippen molar-refractivity contribution in [2.75, 3.05) is 19.6 Å². The van der Waals surface area contributed by atoms with Crippen LogP contribution >= 0.6 is 0 Å². The van der Waals surface area contributed by atoms with Crippen molar-refractivity contribution < 1.29 is 0 Å². The van der Waals surface area contributed by atoms with Crippen molar-refractivity contribution in [2.45, 2.75) is 85.2 Å². The van der Waals surface area contributed by atoms with E-state index in [1.165, 1.54) is 58.2 Å². The van der Waals surface area contributed by atoms with Crippen molar-refractivity contribution in [3.63, 3.8) is 0 Å². The lowest BCUT2D eigenvalue weighted by atomic mass is 9.79. The van der Waals surface area contributed by atoms with E-state index in [4.69, 9.17) is 0 Å². The van der Waals surface area contributed by atoms with Gasteiger partial charge in [-0.1, -0.05) is 40.5 Å². The molecule has 3 atom stereocenters. The lowest BCUT2D eigenvalue weighted by molar-refractivity contribution is 0.217. The third-order valence-corrected chi connectivity index (χ3v) is 5.18. The van der Waals surface area contributed by atoms with E-state index in [1.807, 2.05) is 0 Å². The van der Waals surface area contributed by atoms with Gasteiger partial charge in [0, 0.05) is 12.1 Å². The molecule has 1 fully saturated rings. The Kier molecular flexibility index (Phi) is 8.79. The van der Waals surface area contributed by atoms with Crippen LogP contribution in [0.1, 0.15) is 73.1 Å². The van der Waals surface area contributed by atoms with Gasteiger partial charge >= 0.3 is 0 Å². The first kappa shape index (κ1) is 18.0. The van der Waals surface area contributed by atoms with Crippen LogP contribution in [0.25, 0.3) is 0 Å². The summed E-state index contributed by atoms with van der Waals surface area (Å²) in [4.78, 5) is 2.53. The fourth-order valence-electron chi connectivity index (χ4n) is 3.63. The largest absolute Gasteiger partial charge is 0.311 e. The molecule has 1 rings (SSSR count). The maximum atomic E-state index is 3.89. The van der Waals surface area contributed by atoms with Crippen LogP contribution < -0.4 is 5.32 Å². The lowest BCUT2D eigenvalue weighted by Gasteiger charge is -2.34. The zero-order valence-corrected chi connectivity index (χ0v) is 14.6. The van der Waals surface area contributed by atoms with Gasteiger partial charge in [-0.15, -0.1) is 0 Å². The van der Waals surface area contributed by atoms with Gasteiger partial charge in [-0.25, -0.2) is 0 Å². The molecule has 0 spiro atoms. The monoisotopic (exact) mass is 282 g/mol. The van der Waals surface area contributed by atoms with Gasteiger partial charge in [-0.2, -0.15) is 0 Å². The maximum absolute atomic E-state index is 3.89. The van der Waals surface area contributed by atoms with Gasteiger partial charge in [0.2, 0.25) is 0 Å². The normalized spacial score (nSPS) is 25.4. The van der Waals surface area contributed by atoms with Crippen LogP contribution in [0.2, 0.25) is 0 Å². The zero-order valence-electron chi connectivity index (χ0n) is 14.6. The first-order valence-corrected chi connectivity index (χ1v) is 9.05. The quantitative estimate of drug-likeness (QED) is 0.678. The molecule has 0 saturated heterocycles. The smallest absolute Gasteiger partial charge is 0.00722 e. The molecule has 0 aromatic heterocycles. The highest BCUT2D eigenvalue weighted by atomic mass is 15.1. The Morgan fingerprint density at radius 2 is 1.80 bits per heavy atom. The number of hydrogen-bond acceptors (Lipinski definition) is 2. The van der Waals surface area contributed by atoms with E-state index < -0.39 is 0 Å². The Morgan fingerprint density at radius 3 is 2.40 bits per heavy atom. The standard InChI is InChI=1S/C18H38N2/c1-6-20(7-2)13-9-10-16(5)19-18-12-8-11-17(14-18)15(3)4/h15-19H,6-14H2,1-5H3. The molecule has 20 heavy (non-hydrogen) atoms. The Hall–Kier alpha value is -0.0800. The van der Waals surface area contributed by atoms with Gasteiger partial charge in [-0.3, -0.25) is 0 Å². The van der Waals surface area contributed by atoms with Crippen LogP contribution in [0.5, 0.6) is 0 Å². The van der Waals surface area contributed by atoms with Gasteiger partial charge in [-0.05, 0) is 64.1 Å². The van der Waals surface area contributed by atoms with E-state index in [9.17, 15) is 0 Å². The minimum absolute atomic E-state index is 0.682. The summed E-state index contributed by atoms with van der Waals surface area (Å²) >= 11 is 0. The lowest BCUT2D eigenvalue weighted by Crippen LogP contribution is -2.40. The molecule has 0 amide bonds. The summed E-state index contributed by atoms with van der Waals surface area (Å²) in [5.41, 5.74) is 0. The van der Waals surface area contributed by atoms with Crippen LogP contribution in [0.4, 0.5) is 0 Å². The predicted molar refractivity (Wildman–Crippen MR) is 90.2 cm³/mol. The highest BCUT2D eigenvalue weighted by Crippen LogP contribution is 2.30. The van der Waals surface area contributed by atoms with Crippen molar-refractivity contribution in [1.82, 2.24) is 10.2 Å². The molecule has 0 aromatic carbocycles. The van der Waals surface area contributed by atoms with Crippen molar-refractivity contribution in [2.24, 2.45) is 11.8 Å². The number of nitrogens with zero attached hydrogens (tertiary/aromatic N) is 1. The summed E-state index contributed by atoms with van der Waals surface area (Å²) < 4.78 is 0. The van der Waals surface area contributed by atoms with E-state index in [2.05, 4.69) is 44.8 Å². The summed E-state index contributed by atoms with van der Waals surface area (Å²) in [5.74, 6) is 1.81. The van der Waals surface area contributed by atoms with Crippen LogP contribution in [0, 0.1) is 11.8 Å². The fourth-order valence-corrected chi connectivity index (χ4v) is 3.63. The van der Waals surface area contributed by atoms with Crippen LogP contribution in [0.15, 0.2) is 0 Å². The van der Waals surface area contributed by atoms with Gasteiger partial charge in [0.05, 0.1) is 0 Å².